The maximum atomic E-state index is 13.5. The standard InChI is InChI=1S/C28H25N5O5/c34-26-19-13-22(15-29-14-19)38-21-5-6-23-17(11-21)7-9-33(27(35)24-16-31-28(36)32-24)25(23)18-3-1-4-20(12-18)37-10-2-8-30-26/h1,3-6,11-16,25H,2,7-10H2,(H,30,34)(H2,31,32,36). The third-order valence-electron chi connectivity index (χ3n) is 6.69. The molecule has 0 aliphatic carbocycles. The molecule has 1 atom stereocenters. The van der Waals surface area contributed by atoms with Crippen LogP contribution in [0.3, 0.4) is 0 Å². The molecule has 0 radical (unpaired) electrons. The van der Waals surface area contributed by atoms with Gasteiger partial charge in [-0.2, -0.15) is 0 Å². The predicted molar refractivity (Wildman–Crippen MR) is 138 cm³/mol. The summed E-state index contributed by atoms with van der Waals surface area (Å²) in [6.45, 7) is 1.28. The largest absolute Gasteiger partial charge is 0.494 e. The number of hydrogen-bond donors (Lipinski definition) is 3. The van der Waals surface area contributed by atoms with Gasteiger partial charge in [-0.05, 0) is 59.9 Å². The van der Waals surface area contributed by atoms with Crippen molar-refractivity contribution < 1.29 is 19.1 Å². The van der Waals surface area contributed by atoms with Gasteiger partial charge in [0.25, 0.3) is 11.8 Å². The Balaban J connectivity index is 1.43. The summed E-state index contributed by atoms with van der Waals surface area (Å²) in [5, 5.41) is 2.88. The van der Waals surface area contributed by atoms with Crippen molar-refractivity contribution in [2.75, 3.05) is 19.7 Å². The molecular weight excluding hydrogens is 486 g/mol. The Morgan fingerprint density at radius 1 is 1.03 bits per heavy atom. The summed E-state index contributed by atoms with van der Waals surface area (Å²) in [6.07, 6.45) is 5.68. The highest BCUT2D eigenvalue weighted by Gasteiger charge is 2.34. The first-order valence-electron chi connectivity index (χ1n) is 12.4. The molecule has 10 heteroatoms. The van der Waals surface area contributed by atoms with Gasteiger partial charge in [-0.3, -0.25) is 14.6 Å². The molecule has 3 aliphatic heterocycles. The van der Waals surface area contributed by atoms with Gasteiger partial charge >= 0.3 is 5.69 Å². The lowest BCUT2D eigenvalue weighted by atomic mass is 9.87. The van der Waals surface area contributed by atoms with Crippen LogP contribution >= 0.6 is 0 Å². The van der Waals surface area contributed by atoms with Crippen molar-refractivity contribution >= 4 is 11.8 Å². The number of fused-ring (bicyclic) bond motifs is 6. The number of pyridine rings is 1. The molecule has 7 rings (SSSR count). The van der Waals surface area contributed by atoms with Gasteiger partial charge in [0.05, 0.1) is 24.4 Å². The minimum atomic E-state index is -0.428. The Bertz CT molecular complexity index is 1580. The number of hydrogen-bond acceptors (Lipinski definition) is 6. The lowest BCUT2D eigenvalue weighted by Crippen LogP contribution is -2.41. The van der Waals surface area contributed by atoms with E-state index in [1.165, 1.54) is 12.4 Å². The topological polar surface area (TPSA) is 129 Å². The smallest absolute Gasteiger partial charge is 0.323 e. The summed E-state index contributed by atoms with van der Waals surface area (Å²) in [4.78, 5) is 48.8. The van der Waals surface area contributed by atoms with Crippen LogP contribution in [0.15, 0.2) is 71.9 Å². The number of nitrogens with one attached hydrogen (secondary N) is 3. The summed E-state index contributed by atoms with van der Waals surface area (Å²) in [7, 11) is 0. The van der Waals surface area contributed by atoms with E-state index in [4.69, 9.17) is 9.47 Å². The lowest BCUT2D eigenvalue weighted by Gasteiger charge is -2.37. The van der Waals surface area contributed by atoms with Crippen molar-refractivity contribution in [2.45, 2.75) is 18.9 Å². The van der Waals surface area contributed by atoms with Gasteiger partial charge in [0.15, 0.2) is 0 Å². The highest BCUT2D eigenvalue weighted by atomic mass is 16.5. The zero-order valence-electron chi connectivity index (χ0n) is 20.4. The molecule has 10 nitrogen and oxygen atoms in total. The van der Waals surface area contributed by atoms with E-state index in [2.05, 4.69) is 20.3 Å². The number of aromatic nitrogens is 3. The Morgan fingerprint density at radius 3 is 2.82 bits per heavy atom. The summed E-state index contributed by atoms with van der Waals surface area (Å²) in [6, 6.07) is 14.7. The van der Waals surface area contributed by atoms with Crippen LogP contribution in [0.4, 0.5) is 0 Å². The van der Waals surface area contributed by atoms with Crippen molar-refractivity contribution in [3.8, 4) is 17.2 Å². The van der Waals surface area contributed by atoms with E-state index in [0.29, 0.717) is 55.4 Å². The Labute approximate surface area is 217 Å². The number of ether oxygens (including phenoxy) is 2. The summed E-state index contributed by atoms with van der Waals surface area (Å²) < 4.78 is 12.1. The van der Waals surface area contributed by atoms with Gasteiger partial charge < -0.3 is 29.7 Å². The first kappa shape index (κ1) is 23.5. The van der Waals surface area contributed by atoms with E-state index in [-0.39, 0.29) is 17.5 Å². The van der Waals surface area contributed by atoms with E-state index in [1.807, 2.05) is 42.5 Å². The van der Waals surface area contributed by atoms with Crippen LogP contribution in [-0.2, 0) is 6.42 Å². The fourth-order valence-corrected chi connectivity index (χ4v) is 4.92. The molecule has 2 amide bonds. The SMILES string of the molecule is O=C1NCCCOc2cccc(c2)C2c3ccc(cc3CCN2C(=O)c2c[nH]c(=O)[nH]2)Oc2cncc1c2. The number of carbonyl (C=O) groups is 2. The number of benzene rings is 2. The van der Waals surface area contributed by atoms with Gasteiger partial charge in [0.1, 0.15) is 22.9 Å². The van der Waals surface area contributed by atoms with Crippen molar-refractivity contribution in [1.29, 1.82) is 0 Å². The summed E-state index contributed by atoms with van der Waals surface area (Å²) in [5.74, 6) is 1.23. The van der Waals surface area contributed by atoms with Crippen LogP contribution in [0.5, 0.6) is 17.2 Å². The van der Waals surface area contributed by atoms with Crippen molar-refractivity contribution in [1.82, 2.24) is 25.2 Å². The second-order valence-corrected chi connectivity index (χ2v) is 9.21. The number of imidazole rings is 1. The van der Waals surface area contributed by atoms with E-state index in [1.54, 1.807) is 17.2 Å². The highest BCUT2D eigenvalue weighted by Crippen LogP contribution is 2.39. The van der Waals surface area contributed by atoms with Crippen molar-refractivity contribution in [3.63, 3.8) is 0 Å². The molecule has 1 unspecified atom stereocenters. The number of aromatic amines is 2. The Hall–Kier alpha value is -4.86. The van der Waals surface area contributed by atoms with Gasteiger partial charge in [0.2, 0.25) is 0 Å². The quantitative estimate of drug-likeness (QED) is 0.360. The summed E-state index contributed by atoms with van der Waals surface area (Å²) >= 11 is 0. The predicted octanol–water partition coefficient (Wildman–Crippen LogP) is 3.19. The zero-order chi connectivity index (χ0) is 26.1. The van der Waals surface area contributed by atoms with Crippen LogP contribution in [-0.4, -0.2) is 51.4 Å². The summed E-state index contributed by atoms with van der Waals surface area (Å²) in [5.41, 5.74) is 3.07. The number of amides is 2. The molecule has 4 aromatic rings. The molecule has 5 heterocycles. The molecule has 3 aliphatic rings. The molecular formula is C28H25N5O5. The van der Waals surface area contributed by atoms with Crippen molar-refractivity contribution in [3.05, 3.63) is 106 Å². The minimum Gasteiger partial charge on any atom is -0.494 e. The monoisotopic (exact) mass is 511 g/mol. The number of H-pyrrole nitrogens is 2. The lowest BCUT2D eigenvalue weighted by molar-refractivity contribution is 0.0688. The number of carbonyl (C=O) groups excluding carboxylic acids is 2. The van der Waals surface area contributed by atoms with Gasteiger partial charge in [0, 0.05) is 25.5 Å². The average molecular weight is 512 g/mol. The van der Waals surface area contributed by atoms with Crippen LogP contribution in [0.1, 0.15) is 50.0 Å². The van der Waals surface area contributed by atoms with Crippen LogP contribution in [0.25, 0.3) is 0 Å². The molecule has 192 valence electrons. The Kier molecular flexibility index (Phi) is 6.12. The third-order valence-corrected chi connectivity index (χ3v) is 6.69. The first-order valence-corrected chi connectivity index (χ1v) is 12.4. The minimum absolute atomic E-state index is 0.208. The molecule has 2 aromatic carbocycles. The normalized spacial score (nSPS) is 17.0. The molecule has 0 saturated heterocycles. The molecule has 3 N–H and O–H groups in total. The molecule has 8 bridgehead atoms. The second kappa shape index (κ2) is 9.89. The molecule has 2 aromatic heterocycles. The fraction of sp³-hybridized carbons (Fsp3) is 0.214. The second-order valence-electron chi connectivity index (χ2n) is 9.21. The van der Waals surface area contributed by atoms with E-state index < -0.39 is 11.7 Å². The van der Waals surface area contributed by atoms with E-state index in [9.17, 15) is 14.4 Å². The van der Waals surface area contributed by atoms with Crippen LogP contribution in [0, 0.1) is 0 Å². The number of nitrogens with zero attached hydrogens (tertiary/aromatic N) is 2. The van der Waals surface area contributed by atoms with Gasteiger partial charge in [-0.25, -0.2) is 4.79 Å². The van der Waals surface area contributed by atoms with E-state index in [0.717, 1.165) is 16.7 Å². The average Bonchev–Trinajstić information content (AvgIpc) is 3.37. The van der Waals surface area contributed by atoms with Gasteiger partial charge in [-0.1, -0.05) is 18.2 Å². The van der Waals surface area contributed by atoms with E-state index >= 15 is 0 Å². The number of rotatable bonds is 1. The van der Waals surface area contributed by atoms with Gasteiger partial charge in [-0.15, -0.1) is 0 Å². The Morgan fingerprint density at radius 2 is 1.95 bits per heavy atom. The maximum absolute atomic E-state index is 13.5. The van der Waals surface area contributed by atoms with Crippen LogP contribution < -0.4 is 20.5 Å². The molecule has 0 spiro atoms. The fourth-order valence-electron chi connectivity index (χ4n) is 4.92. The first-order chi connectivity index (χ1) is 18.5. The van der Waals surface area contributed by atoms with Crippen molar-refractivity contribution in [2.24, 2.45) is 0 Å². The molecule has 0 saturated carbocycles. The third kappa shape index (κ3) is 4.63. The molecule has 0 fully saturated rings. The molecule has 38 heavy (non-hydrogen) atoms. The maximum Gasteiger partial charge on any atom is 0.323 e. The zero-order valence-corrected chi connectivity index (χ0v) is 20.4. The highest BCUT2D eigenvalue weighted by molar-refractivity contribution is 5.94. The van der Waals surface area contributed by atoms with Crippen LogP contribution in [0.2, 0.25) is 0 Å².